The summed E-state index contributed by atoms with van der Waals surface area (Å²) in [6, 6.07) is 24.3. The van der Waals surface area contributed by atoms with Gasteiger partial charge in [-0.15, -0.1) is 0 Å². The first-order valence-corrected chi connectivity index (χ1v) is 9.63. The van der Waals surface area contributed by atoms with Crippen molar-refractivity contribution in [1.29, 1.82) is 0 Å². The Labute approximate surface area is 170 Å². The molecule has 0 fully saturated rings. The SMILES string of the molecule is Cc1ccccc1CNc1cc(NCc2cccnc2)nc(-c2ccccc2)n1. The molecule has 0 unspecified atom stereocenters. The Balaban J connectivity index is 1.58. The average molecular weight is 381 g/mol. The quantitative estimate of drug-likeness (QED) is 0.468. The molecule has 144 valence electrons. The predicted octanol–water partition coefficient (Wildman–Crippen LogP) is 5.07. The third-order valence-electron chi connectivity index (χ3n) is 4.68. The van der Waals surface area contributed by atoms with Gasteiger partial charge in [-0.2, -0.15) is 0 Å². The number of aryl methyl sites for hydroxylation is 1. The molecule has 0 spiro atoms. The summed E-state index contributed by atoms with van der Waals surface area (Å²) in [6.07, 6.45) is 3.62. The Morgan fingerprint density at radius 3 is 2.21 bits per heavy atom. The van der Waals surface area contributed by atoms with Crippen LogP contribution in [0.3, 0.4) is 0 Å². The lowest BCUT2D eigenvalue weighted by Gasteiger charge is -2.12. The Morgan fingerprint density at radius 1 is 0.759 bits per heavy atom. The number of hydrogen-bond donors (Lipinski definition) is 2. The van der Waals surface area contributed by atoms with E-state index in [1.165, 1.54) is 11.1 Å². The summed E-state index contributed by atoms with van der Waals surface area (Å²) < 4.78 is 0. The molecule has 0 amide bonds. The molecule has 2 aromatic carbocycles. The molecule has 0 aliphatic carbocycles. The van der Waals surface area contributed by atoms with E-state index in [-0.39, 0.29) is 0 Å². The van der Waals surface area contributed by atoms with Crippen LogP contribution in [0.5, 0.6) is 0 Å². The standard InChI is InChI=1S/C24H23N5/c1-18-8-5-6-12-21(18)17-27-23-14-22(26-16-19-9-7-13-25-15-19)28-24(29-23)20-10-3-2-4-11-20/h2-15H,16-17H2,1H3,(H2,26,27,28,29). The van der Waals surface area contributed by atoms with E-state index in [0.29, 0.717) is 18.9 Å². The fraction of sp³-hybridized carbons (Fsp3) is 0.125. The summed E-state index contributed by atoms with van der Waals surface area (Å²) in [5, 5.41) is 6.84. The molecule has 0 radical (unpaired) electrons. The highest BCUT2D eigenvalue weighted by atomic mass is 15.1. The minimum atomic E-state index is 0.649. The molecule has 2 aromatic heterocycles. The first-order valence-electron chi connectivity index (χ1n) is 9.63. The van der Waals surface area contributed by atoms with E-state index >= 15 is 0 Å². The second kappa shape index (κ2) is 8.97. The van der Waals surface area contributed by atoms with Gasteiger partial charge in [0.2, 0.25) is 0 Å². The van der Waals surface area contributed by atoms with Crippen molar-refractivity contribution < 1.29 is 0 Å². The highest BCUT2D eigenvalue weighted by molar-refractivity contribution is 5.61. The van der Waals surface area contributed by atoms with Crippen LogP contribution in [0, 0.1) is 6.92 Å². The van der Waals surface area contributed by atoms with Crippen LogP contribution in [0.2, 0.25) is 0 Å². The van der Waals surface area contributed by atoms with E-state index in [4.69, 9.17) is 9.97 Å². The van der Waals surface area contributed by atoms with Gasteiger partial charge in [0.05, 0.1) is 0 Å². The zero-order chi connectivity index (χ0) is 19.9. The van der Waals surface area contributed by atoms with Gasteiger partial charge in [-0.1, -0.05) is 60.7 Å². The molecule has 0 atom stereocenters. The van der Waals surface area contributed by atoms with Crippen LogP contribution in [0.25, 0.3) is 11.4 Å². The number of nitrogens with one attached hydrogen (secondary N) is 2. The van der Waals surface area contributed by atoms with Crippen molar-refractivity contribution in [3.8, 4) is 11.4 Å². The molecule has 29 heavy (non-hydrogen) atoms. The molecule has 4 aromatic rings. The van der Waals surface area contributed by atoms with E-state index in [0.717, 1.165) is 22.8 Å². The summed E-state index contributed by atoms with van der Waals surface area (Å²) in [5.74, 6) is 2.25. The highest BCUT2D eigenvalue weighted by Crippen LogP contribution is 2.21. The van der Waals surface area contributed by atoms with Gasteiger partial charge in [-0.05, 0) is 29.7 Å². The number of hydrogen-bond acceptors (Lipinski definition) is 5. The number of aromatic nitrogens is 3. The molecular formula is C24H23N5. The lowest BCUT2D eigenvalue weighted by atomic mass is 10.1. The van der Waals surface area contributed by atoms with Crippen LogP contribution in [0.1, 0.15) is 16.7 Å². The highest BCUT2D eigenvalue weighted by Gasteiger charge is 2.08. The lowest BCUT2D eigenvalue weighted by molar-refractivity contribution is 1.05. The van der Waals surface area contributed by atoms with Crippen molar-refractivity contribution in [3.63, 3.8) is 0 Å². The van der Waals surface area contributed by atoms with Crippen molar-refractivity contribution >= 4 is 11.6 Å². The lowest BCUT2D eigenvalue weighted by Crippen LogP contribution is -2.07. The van der Waals surface area contributed by atoms with E-state index in [2.05, 4.69) is 46.8 Å². The third kappa shape index (κ3) is 4.96. The summed E-state index contributed by atoms with van der Waals surface area (Å²) in [4.78, 5) is 13.6. The maximum absolute atomic E-state index is 4.73. The van der Waals surface area contributed by atoms with Gasteiger partial charge in [0.25, 0.3) is 0 Å². The molecule has 4 rings (SSSR count). The van der Waals surface area contributed by atoms with Gasteiger partial charge >= 0.3 is 0 Å². The van der Waals surface area contributed by atoms with Gasteiger partial charge in [0, 0.05) is 37.1 Å². The van der Waals surface area contributed by atoms with E-state index < -0.39 is 0 Å². The van der Waals surface area contributed by atoms with Crippen molar-refractivity contribution in [1.82, 2.24) is 15.0 Å². The molecular weight excluding hydrogens is 358 g/mol. The summed E-state index contributed by atoms with van der Waals surface area (Å²) >= 11 is 0. The molecule has 0 saturated carbocycles. The smallest absolute Gasteiger partial charge is 0.163 e. The van der Waals surface area contributed by atoms with Crippen LogP contribution in [0.15, 0.2) is 85.2 Å². The average Bonchev–Trinajstić information content (AvgIpc) is 2.78. The second-order valence-corrected chi connectivity index (χ2v) is 6.82. The minimum Gasteiger partial charge on any atom is -0.366 e. The fourth-order valence-corrected chi connectivity index (χ4v) is 3.03. The maximum Gasteiger partial charge on any atom is 0.163 e. The van der Waals surface area contributed by atoms with Gasteiger partial charge in [-0.25, -0.2) is 9.97 Å². The summed E-state index contributed by atoms with van der Waals surface area (Å²) in [5.41, 5.74) is 4.59. The van der Waals surface area contributed by atoms with Gasteiger partial charge in [-0.3, -0.25) is 4.98 Å². The first-order chi connectivity index (χ1) is 14.3. The van der Waals surface area contributed by atoms with Crippen molar-refractivity contribution in [3.05, 3.63) is 102 Å². The van der Waals surface area contributed by atoms with Crippen LogP contribution in [-0.4, -0.2) is 15.0 Å². The number of pyridine rings is 1. The van der Waals surface area contributed by atoms with E-state index in [1.54, 1.807) is 6.20 Å². The molecule has 2 heterocycles. The Kier molecular flexibility index (Phi) is 5.76. The molecule has 0 saturated heterocycles. The van der Waals surface area contributed by atoms with Crippen molar-refractivity contribution in [2.24, 2.45) is 0 Å². The third-order valence-corrected chi connectivity index (χ3v) is 4.68. The molecule has 5 heteroatoms. The van der Waals surface area contributed by atoms with Crippen LogP contribution in [0.4, 0.5) is 11.6 Å². The predicted molar refractivity (Wildman–Crippen MR) is 118 cm³/mol. The number of rotatable bonds is 7. The number of nitrogens with zero attached hydrogens (tertiary/aromatic N) is 3. The summed E-state index contributed by atoms with van der Waals surface area (Å²) in [7, 11) is 0. The fourth-order valence-electron chi connectivity index (χ4n) is 3.03. The Hall–Kier alpha value is -3.73. The van der Waals surface area contributed by atoms with Gasteiger partial charge in [0.15, 0.2) is 5.82 Å². The maximum atomic E-state index is 4.73. The second-order valence-electron chi connectivity index (χ2n) is 6.82. The van der Waals surface area contributed by atoms with Crippen LogP contribution < -0.4 is 10.6 Å². The van der Waals surface area contributed by atoms with Crippen LogP contribution >= 0.6 is 0 Å². The monoisotopic (exact) mass is 381 g/mol. The van der Waals surface area contributed by atoms with Gasteiger partial charge in [0.1, 0.15) is 11.6 Å². The first kappa shape index (κ1) is 18.6. The van der Waals surface area contributed by atoms with Gasteiger partial charge < -0.3 is 10.6 Å². The number of benzene rings is 2. The topological polar surface area (TPSA) is 62.7 Å². The van der Waals surface area contributed by atoms with E-state index in [9.17, 15) is 0 Å². The number of anilines is 2. The summed E-state index contributed by atoms with van der Waals surface area (Å²) in [6.45, 7) is 3.48. The van der Waals surface area contributed by atoms with Crippen molar-refractivity contribution in [2.75, 3.05) is 10.6 Å². The minimum absolute atomic E-state index is 0.649. The Bertz CT molecular complexity index is 1060. The molecule has 5 nitrogen and oxygen atoms in total. The zero-order valence-electron chi connectivity index (χ0n) is 16.3. The molecule has 0 aliphatic rings. The van der Waals surface area contributed by atoms with E-state index in [1.807, 2.05) is 54.7 Å². The largest absolute Gasteiger partial charge is 0.366 e. The Morgan fingerprint density at radius 2 is 1.48 bits per heavy atom. The molecule has 2 N–H and O–H groups in total. The van der Waals surface area contributed by atoms with Crippen molar-refractivity contribution in [2.45, 2.75) is 20.0 Å². The van der Waals surface area contributed by atoms with Crippen LogP contribution in [-0.2, 0) is 13.1 Å². The zero-order valence-corrected chi connectivity index (χ0v) is 16.3. The normalized spacial score (nSPS) is 10.5. The molecule has 0 bridgehead atoms. The molecule has 0 aliphatic heterocycles.